The molecule has 0 unspecified atom stereocenters. The number of amides is 1. The summed E-state index contributed by atoms with van der Waals surface area (Å²) in [6.45, 7) is 1.68. The topological polar surface area (TPSA) is 89.8 Å². The van der Waals surface area contributed by atoms with Crippen LogP contribution in [0.5, 0.6) is 0 Å². The first kappa shape index (κ1) is 13.9. The van der Waals surface area contributed by atoms with Crippen LogP contribution in [0.2, 0.25) is 0 Å². The fraction of sp³-hybridized carbons (Fsp3) is 0.133. The van der Waals surface area contributed by atoms with E-state index in [-0.39, 0.29) is 18.0 Å². The largest absolute Gasteiger partial charge is 0.309 e. The molecule has 2 heterocycles. The Hall–Kier alpha value is -3.09. The Labute approximate surface area is 125 Å². The normalized spacial score (nSPS) is 10.6. The first-order valence-electron chi connectivity index (χ1n) is 6.68. The first-order valence-corrected chi connectivity index (χ1v) is 6.68. The van der Waals surface area contributed by atoms with E-state index >= 15 is 0 Å². The van der Waals surface area contributed by atoms with Gasteiger partial charge in [0.05, 0.1) is 5.39 Å². The van der Waals surface area contributed by atoms with E-state index in [1.807, 2.05) is 13.0 Å². The van der Waals surface area contributed by atoms with Gasteiger partial charge in [0.1, 0.15) is 17.9 Å². The zero-order valence-electron chi connectivity index (χ0n) is 11.9. The number of rotatable bonds is 3. The molecule has 3 aromatic rings. The van der Waals surface area contributed by atoms with E-state index in [9.17, 15) is 9.59 Å². The number of nitrogens with one attached hydrogen (secondary N) is 1. The first-order chi connectivity index (χ1) is 10.6. The highest BCUT2D eigenvalue weighted by Crippen LogP contribution is 2.06. The van der Waals surface area contributed by atoms with Gasteiger partial charge in [0.15, 0.2) is 0 Å². The average Bonchev–Trinajstić information content (AvgIpc) is 2.50. The Kier molecular flexibility index (Phi) is 3.61. The van der Waals surface area contributed by atoms with E-state index in [1.54, 1.807) is 36.5 Å². The van der Waals surface area contributed by atoms with Gasteiger partial charge in [-0.05, 0) is 36.8 Å². The van der Waals surface area contributed by atoms with Crippen LogP contribution in [0.3, 0.4) is 0 Å². The van der Waals surface area contributed by atoms with Gasteiger partial charge in [0.25, 0.3) is 5.56 Å². The second kappa shape index (κ2) is 5.72. The van der Waals surface area contributed by atoms with Gasteiger partial charge in [-0.2, -0.15) is 0 Å². The highest BCUT2D eigenvalue weighted by Gasteiger charge is 2.10. The van der Waals surface area contributed by atoms with E-state index in [4.69, 9.17) is 0 Å². The number of fused-ring (bicyclic) bond motifs is 1. The molecule has 0 saturated carbocycles. The highest BCUT2D eigenvalue weighted by molar-refractivity contribution is 5.89. The average molecular weight is 295 g/mol. The lowest BCUT2D eigenvalue weighted by atomic mass is 10.2. The number of benzene rings is 1. The Balaban J connectivity index is 1.82. The van der Waals surface area contributed by atoms with Gasteiger partial charge in [-0.25, -0.2) is 9.67 Å². The van der Waals surface area contributed by atoms with Crippen molar-refractivity contribution < 1.29 is 4.79 Å². The molecule has 0 aliphatic carbocycles. The van der Waals surface area contributed by atoms with E-state index in [0.717, 1.165) is 10.2 Å². The molecule has 2 aromatic heterocycles. The third kappa shape index (κ3) is 2.83. The predicted molar refractivity (Wildman–Crippen MR) is 81.4 cm³/mol. The molecule has 0 spiro atoms. The molecule has 1 amide bonds. The molecular formula is C15H13N5O2. The van der Waals surface area contributed by atoms with Crippen molar-refractivity contribution in [2.45, 2.75) is 13.5 Å². The molecule has 22 heavy (non-hydrogen) atoms. The molecule has 0 aliphatic rings. The molecule has 0 fully saturated rings. The van der Waals surface area contributed by atoms with E-state index < -0.39 is 0 Å². The summed E-state index contributed by atoms with van der Waals surface area (Å²) in [4.78, 5) is 28.3. The zero-order chi connectivity index (χ0) is 15.5. The van der Waals surface area contributed by atoms with Crippen molar-refractivity contribution in [3.8, 4) is 0 Å². The summed E-state index contributed by atoms with van der Waals surface area (Å²) < 4.78 is 1.04. The summed E-state index contributed by atoms with van der Waals surface area (Å²) in [6, 6.07) is 10.4. The number of pyridine rings is 1. The van der Waals surface area contributed by atoms with Gasteiger partial charge in [0, 0.05) is 6.20 Å². The monoisotopic (exact) mass is 295 g/mol. The number of carbonyl (C=O) groups is 1. The van der Waals surface area contributed by atoms with Crippen LogP contribution in [0, 0.1) is 6.92 Å². The molecule has 1 aromatic carbocycles. The SMILES string of the molecule is Cc1ccnc(NC(=O)Cn2nnc3ccccc3c2=O)c1. The molecule has 7 nitrogen and oxygen atoms in total. The van der Waals surface area contributed by atoms with Crippen molar-refractivity contribution in [2.75, 3.05) is 5.32 Å². The Morgan fingerprint density at radius 2 is 2.09 bits per heavy atom. The third-order valence-corrected chi connectivity index (χ3v) is 3.11. The molecule has 0 saturated heterocycles. The van der Waals surface area contributed by atoms with Crippen LogP contribution in [0.1, 0.15) is 5.56 Å². The summed E-state index contributed by atoms with van der Waals surface area (Å²) >= 11 is 0. The van der Waals surface area contributed by atoms with Crippen LogP contribution in [0.15, 0.2) is 47.4 Å². The maximum absolute atomic E-state index is 12.2. The molecule has 3 rings (SSSR count). The van der Waals surface area contributed by atoms with Gasteiger partial charge in [-0.1, -0.05) is 17.3 Å². The number of hydrogen-bond acceptors (Lipinski definition) is 5. The maximum atomic E-state index is 12.2. The molecule has 0 bridgehead atoms. The van der Waals surface area contributed by atoms with Crippen LogP contribution in [0.25, 0.3) is 10.9 Å². The van der Waals surface area contributed by atoms with Crippen LogP contribution in [-0.4, -0.2) is 25.9 Å². The Morgan fingerprint density at radius 1 is 1.27 bits per heavy atom. The number of anilines is 1. The fourth-order valence-electron chi connectivity index (χ4n) is 2.05. The molecule has 7 heteroatoms. The summed E-state index contributed by atoms with van der Waals surface area (Å²) in [5.74, 6) is 0.0524. The minimum absolute atomic E-state index is 0.216. The van der Waals surface area contributed by atoms with Crippen LogP contribution in [-0.2, 0) is 11.3 Å². The minimum atomic E-state index is -0.384. The number of aryl methyl sites for hydroxylation is 1. The Bertz CT molecular complexity index is 904. The van der Waals surface area contributed by atoms with Crippen molar-refractivity contribution in [2.24, 2.45) is 0 Å². The summed E-state index contributed by atoms with van der Waals surface area (Å²) in [5, 5.41) is 10.8. The third-order valence-electron chi connectivity index (χ3n) is 3.11. The predicted octanol–water partition coefficient (Wildman–Crippen LogP) is 1.13. The molecule has 110 valence electrons. The fourth-order valence-corrected chi connectivity index (χ4v) is 2.05. The number of nitrogens with zero attached hydrogens (tertiary/aromatic N) is 4. The zero-order valence-corrected chi connectivity index (χ0v) is 11.9. The summed E-state index contributed by atoms with van der Waals surface area (Å²) in [5.41, 5.74) is 1.13. The van der Waals surface area contributed by atoms with Gasteiger partial charge in [-0.15, -0.1) is 5.10 Å². The lowest BCUT2D eigenvalue weighted by Gasteiger charge is -2.06. The van der Waals surface area contributed by atoms with E-state index in [1.165, 1.54) is 0 Å². The lowest BCUT2D eigenvalue weighted by Crippen LogP contribution is -2.30. The van der Waals surface area contributed by atoms with Crippen LogP contribution < -0.4 is 10.9 Å². The number of aromatic nitrogens is 4. The van der Waals surface area contributed by atoms with Crippen molar-refractivity contribution in [1.29, 1.82) is 0 Å². The van der Waals surface area contributed by atoms with Gasteiger partial charge < -0.3 is 5.32 Å². The molecule has 0 atom stereocenters. The summed E-state index contributed by atoms with van der Waals surface area (Å²) in [7, 11) is 0. The highest BCUT2D eigenvalue weighted by atomic mass is 16.2. The second-order valence-electron chi connectivity index (χ2n) is 4.84. The molecule has 0 radical (unpaired) electrons. The lowest BCUT2D eigenvalue weighted by molar-refractivity contribution is -0.117. The number of carbonyl (C=O) groups excluding carboxylic acids is 1. The maximum Gasteiger partial charge on any atom is 0.278 e. The smallest absolute Gasteiger partial charge is 0.278 e. The van der Waals surface area contributed by atoms with Crippen molar-refractivity contribution >= 4 is 22.6 Å². The van der Waals surface area contributed by atoms with Gasteiger partial charge in [-0.3, -0.25) is 9.59 Å². The van der Waals surface area contributed by atoms with Gasteiger partial charge in [0.2, 0.25) is 5.91 Å². The molecular weight excluding hydrogens is 282 g/mol. The quantitative estimate of drug-likeness (QED) is 0.782. The van der Waals surface area contributed by atoms with Crippen LogP contribution in [0.4, 0.5) is 5.82 Å². The minimum Gasteiger partial charge on any atom is -0.309 e. The van der Waals surface area contributed by atoms with E-state index in [0.29, 0.717) is 16.7 Å². The number of hydrogen-bond donors (Lipinski definition) is 1. The van der Waals surface area contributed by atoms with E-state index in [2.05, 4.69) is 20.6 Å². The van der Waals surface area contributed by atoms with Gasteiger partial charge >= 0.3 is 0 Å². The van der Waals surface area contributed by atoms with Crippen molar-refractivity contribution in [3.05, 3.63) is 58.5 Å². The molecule has 1 N–H and O–H groups in total. The van der Waals surface area contributed by atoms with Crippen molar-refractivity contribution in [3.63, 3.8) is 0 Å². The Morgan fingerprint density at radius 3 is 2.91 bits per heavy atom. The molecule has 0 aliphatic heterocycles. The van der Waals surface area contributed by atoms with Crippen molar-refractivity contribution in [1.82, 2.24) is 20.0 Å². The summed E-state index contributed by atoms with van der Waals surface area (Å²) in [6.07, 6.45) is 1.60. The van der Waals surface area contributed by atoms with Crippen LogP contribution >= 0.6 is 0 Å². The second-order valence-corrected chi connectivity index (χ2v) is 4.84. The standard InChI is InChI=1S/C15H13N5O2/c1-10-6-7-16-13(8-10)17-14(21)9-20-15(22)11-4-2-3-5-12(11)18-19-20/h2-8H,9H2,1H3,(H,16,17,21).